The Hall–Kier alpha value is -2.51. The molecule has 0 bridgehead atoms. The number of H-pyrrole nitrogens is 1. The van der Waals surface area contributed by atoms with E-state index in [0.717, 1.165) is 11.3 Å². The summed E-state index contributed by atoms with van der Waals surface area (Å²) in [5.41, 5.74) is 0.651. The van der Waals surface area contributed by atoms with Crippen LogP contribution in [-0.4, -0.2) is 21.7 Å². The first-order valence-electron chi connectivity index (χ1n) is 6.97. The topological polar surface area (TPSA) is 91.9 Å². The fourth-order valence-corrected chi connectivity index (χ4v) is 3.33. The fourth-order valence-electron chi connectivity index (χ4n) is 2.30. The molecule has 0 radical (unpaired) electrons. The molecule has 8 heteroatoms. The summed E-state index contributed by atoms with van der Waals surface area (Å²) in [6, 6.07) is 4.83. The van der Waals surface area contributed by atoms with E-state index in [9.17, 15) is 14.4 Å². The van der Waals surface area contributed by atoms with E-state index in [1.54, 1.807) is 19.1 Å². The summed E-state index contributed by atoms with van der Waals surface area (Å²) in [6.45, 7) is 3.12. The van der Waals surface area contributed by atoms with E-state index in [2.05, 4.69) is 15.3 Å². The predicted octanol–water partition coefficient (Wildman–Crippen LogP) is 3.40. The van der Waals surface area contributed by atoms with Gasteiger partial charge in [-0.2, -0.15) is 0 Å². The Bertz CT molecular complexity index is 1040. The molecule has 0 unspecified atom stereocenters. The highest BCUT2D eigenvalue weighted by Crippen LogP contribution is 2.23. The number of benzene rings is 1. The zero-order valence-corrected chi connectivity index (χ0v) is 14.3. The van der Waals surface area contributed by atoms with Crippen LogP contribution in [0.4, 0.5) is 5.13 Å². The van der Waals surface area contributed by atoms with Gasteiger partial charge in [0.05, 0.1) is 10.6 Å². The summed E-state index contributed by atoms with van der Waals surface area (Å²) < 4.78 is 0. The summed E-state index contributed by atoms with van der Waals surface area (Å²) in [4.78, 5) is 43.8. The number of hydrogen-bond acceptors (Lipinski definition) is 5. The van der Waals surface area contributed by atoms with Gasteiger partial charge in [0.2, 0.25) is 5.43 Å². The monoisotopic (exact) mass is 361 g/mol. The van der Waals surface area contributed by atoms with Crippen molar-refractivity contribution in [1.82, 2.24) is 9.97 Å². The van der Waals surface area contributed by atoms with E-state index in [1.807, 2.05) is 0 Å². The average molecular weight is 362 g/mol. The maximum Gasteiger partial charge on any atom is 0.262 e. The number of rotatable bonds is 3. The SMILES string of the molecule is CC(=O)c1sc(NC(=O)c2c[nH]c3ccc(Cl)cc3c2=O)nc1C. The first kappa shape index (κ1) is 16.4. The van der Waals surface area contributed by atoms with Crippen LogP contribution in [0.5, 0.6) is 0 Å². The lowest BCUT2D eigenvalue weighted by atomic mass is 10.1. The van der Waals surface area contributed by atoms with Crippen molar-refractivity contribution >= 4 is 50.7 Å². The maximum atomic E-state index is 12.5. The van der Waals surface area contributed by atoms with Crippen LogP contribution in [0.15, 0.2) is 29.2 Å². The van der Waals surface area contributed by atoms with Gasteiger partial charge in [0.25, 0.3) is 5.91 Å². The number of aryl methyl sites for hydroxylation is 1. The van der Waals surface area contributed by atoms with Crippen LogP contribution in [-0.2, 0) is 0 Å². The first-order valence-corrected chi connectivity index (χ1v) is 8.17. The van der Waals surface area contributed by atoms with Crippen LogP contribution in [0.2, 0.25) is 5.02 Å². The van der Waals surface area contributed by atoms with Crippen LogP contribution in [0.3, 0.4) is 0 Å². The van der Waals surface area contributed by atoms with E-state index < -0.39 is 11.3 Å². The Labute approximate surface area is 145 Å². The maximum absolute atomic E-state index is 12.5. The number of halogens is 1. The second-order valence-electron chi connectivity index (χ2n) is 5.17. The van der Waals surface area contributed by atoms with Gasteiger partial charge in [-0.15, -0.1) is 0 Å². The Kier molecular flexibility index (Phi) is 4.21. The van der Waals surface area contributed by atoms with Crippen molar-refractivity contribution in [3.8, 4) is 0 Å². The summed E-state index contributed by atoms with van der Waals surface area (Å²) in [5, 5.41) is 3.57. The number of nitrogens with one attached hydrogen (secondary N) is 2. The number of anilines is 1. The number of aromatic nitrogens is 2. The van der Waals surface area contributed by atoms with E-state index in [0.29, 0.717) is 26.5 Å². The Balaban J connectivity index is 1.97. The minimum atomic E-state index is -0.595. The standard InChI is InChI=1S/C16H12ClN3O3S/c1-7-14(8(2)21)24-16(19-7)20-15(23)11-6-18-12-4-3-9(17)5-10(12)13(11)22/h3-6H,1-2H3,(H,18,22)(H,19,20,23). The first-order chi connectivity index (χ1) is 11.4. The minimum Gasteiger partial charge on any atom is -0.360 e. The van der Waals surface area contributed by atoms with Crippen molar-refractivity contribution < 1.29 is 9.59 Å². The number of ketones is 1. The number of amides is 1. The van der Waals surface area contributed by atoms with E-state index in [4.69, 9.17) is 11.6 Å². The lowest BCUT2D eigenvalue weighted by Crippen LogP contribution is -2.21. The highest BCUT2D eigenvalue weighted by Gasteiger charge is 2.17. The van der Waals surface area contributed by atoms with Crippen molar-refractivity contribution in [3.05, 3.63) is 55.8 Å². The molecule has 122 valence electrons. The Morgan fingerprint density at radius 3 is 2.75 bits per heavy atom. The number of nitrogens with zero attached hydrogens (tertiary/aromatic N) is 1. The van der Waals surface area contributed by atoms with Gasteiger partial charge in [0.15, 0.2) is 10.9 Å². The predicted molar refractivity (Wildman–Crippen MR) is 94.4 cm³/mol. The molecule has 3 aromatic rings. The van der Waals surface area contributed by atoms with Gasteiger partial charge in [0, 0.05) is 29.0 Å². The molecule has 0 spiro atoms. The van der Waals surface area contributed by atoms with Crippen LogP contribution in [0.1, 0.15) is 32.6 Å². The van der Waals surface area contributed by atoms with Gasteiger partial charge in [0.1, 0.15) is 5.56 Å². The second-order valence-corrected chi connectivity index (χ2v) is 6.60. The summed E-state index contributed by atoms with van der Waals surface area (Å²) >= 11 is 6.99. The molecule has 0 aliphatic carbocycles. The highest BCUT2D eigenvalue weighted by molar-refractivity contribution is 7.17. The number of carbonyl (C=O) groups excluding carboxylic acids is 2. The second kappa shape index (κ2) is 6.18. The van der Waals surface area contributed by atoms with Crippen LogP contribution in [0.25, 0.3) is 10.9 Å². The van der Waals surface area contributed by atoms with Gasteiger partial charge in [-0.25, -0.2) is 4.98 Å². The molecule has 0 aliphatic heterocycles. The fraction of sp³-hybridized carbons (Fsp3) is 0.125. The number of pyridine rings is 1. The third-order valence-electron chi connectivity index (χ3n) is 3.42. The smallest absolute Gasteiger partial charge is 0.262 e. The van der Waals surface area contributed by atoms with Crippen molar-refractivity contribution in [2.24, 2.45) is 0 Å². The molecule has 0 saturated heterocycles. The number of thiazole rings is 1. The normalized spacial score (nSPS) is 10.8. The van der Waals surface area contributed by atoms with Gasteiger partial charge >= 0.3 is 0 Å². The van der Waals surface area contributed by atoms with Gasteiger partial charge < -0.3 is 4.98 Å². The molecule has 2 N–H and O–H groups in total. The van der Waals surface area contributed by atoms with Gasteiger partial charge in [-0.1, -0.05) is 22.9 Å². The van der Waals surface area contributed by atoms with Crippen LogP contribution < -0.4 is 10.7 Å². The quantitative estimate of drug-likeness (QED) is 0.699. The molecule has 0 saturated carbocycles. The van der Waals surface area contributed by atoms with E-state index >= 15 is 0 Å². The van der Waals surface area contributed by atoms with Crippen molar-refractivity contribution in [2.45, 2.75) is 13.8 Å². The molecule has 2 heterocycles. The molecule has 0 aliphatic rings. The number of Topliss-reactive ketones (excluding diaryl/α,β-unsaturated/α-hetero) is 1. The lowest BCUT2D eigenvalue weighted by Gasteiger charge is -2.04. The highest BCUT2D eigenvalue weighted by atomic mass is 35.5. The van der Waals surface area contributed by atoms with Gasteiger partial charge in [-0.3, -0.25) is 19.7 Å². The van der Waals surface area contributed by atoms with Crippen LogP contribution in [0, 0.1) is 6.92 Å². The summed E-state index contributed by atoms with van der Waals surface area (Å²) in [7, 11) is 0. The number of carbonyl (C=O) groups is 2. The molecule has 6 nitrogen and oxygen atoms in total. The Morgan fingerprint density at radius 1 is 1.33 bits per heavy atom. The van der Waals surface area contributed by atoms with Crippen molar-refractivity contribution in [3.63, 3.8) is 0 Å². The average Bonchev–Trinajstić information content (AvgIpc) is 2.88. The molecular formula is C16H12ClN3O3S. The molecular weight excluding hydrogens is 350 g/mol. The molecule has 0 fully saturated rings. The zero-order valence-electron chi connectivity index (χ0n) is 12.8. The third-order valence-corrected chi connectivity index (χ3v) is 4.83. The molecule has 1 amide bonds. The Morgan fingerprint density at radius 2 is 2.08 bits per heavy atom. The number of hydrogen-bond donors (Lipinski definition) is 2. The molecule has 1 aromatic carbocycles. The summed E-state index contributed by atoms with van der Waals surface area (Å²) in [6.07, 6.45) is 1.35. The van der Waals surface area contributed by atoms with Crippen molar-refractivity contribution in [2.75, 3.05) is 5.32 Å². The minimum absolute atomic E-state index is 0.0537. The molecule has 0 atom stereocenters. The molecule has 24 heavy (non-hydrogen) atoms. The van der Waals surface area contributed by atoms with E-state index in [1.165, 1.54) is 19.2 Å². The molecule has 2 aromatic heterocycles. The van der Waals surface area contributed by atoms with Crippen LogP contribution >= 0.6 is 22.9 Å². The van der Waals surface area contributed by atoms with Gasteiger partial charge in [-0.05, 0) is 25.1 Å². The van der Waals surface area contributed by atoms with Crippen molar-refractivity contribution in [1.29, 1.82) is 0 Å². The zero-order chi connectivity index (χ0) is 17.4. The third kappa shape index (κ3) is 2.95. The number of aromatic amines is 1. The lowest BCUT2D eigenvalue weighted by molar-refractivity contribution is 0.101. The number of fused-ring (bicyclic) bond motifs is 1. The summed E-state index contributed by atoms with van der Waals surface area (Å²) in [5.74, 6) is -0.717. The largest absolute Gasteiger partial charge is 0.360 e. The molecule has 3 rings (SSSR count). The van der Waals surface area contributed by atoms with E-state index in [-0.39, 0.29) is 16.5 Å².